The smallest absolute Gasteiger partial charge is 0.148 e. The average Bonchev–Trinajstić information content (AvgIpc) is 3.55. The Bertz CT molecular complexity index is 1520. The fourth-order valence-corrected chi connectivity index (χ4v) is 5.87. The van der Waals surface area contributed by atoms with Crippen LogP contribution in [-0.2, 0) is 12.3 Å². The van der Waals surface area contributed by atoms with E-state index in [1.54, 1.807) is 16.9 Å². The standard InChI is InChI=1S/C25H20ClN7O2S2/c26-16-3-1-15(2-4-16)24-29-17(13-36-24)14-37-25-20(10-28)22(21-5-6-33(31-21)7-8-34)19(9-27)23(30-25)32-11-18(35)12-32/h1-6,13,18,34-35H,7-8,11-12,14H2. The van der Waals surface area contributed by atoms with Gasteiger partial charge in [0.15, 0.2) is 0 Å². The lowest BCUT2D eigenvalue weighted by Crippen LogP contribution is -2.51. The van der Waals surface area contributed by atoms with Gasteiger partial charge in [-0.15, -0.1) is 11.3 Å². The lowest BCUT2D eigenvalue weighted by atomic mass is 10.00. The molecule has 1 aliphatic heterocycles. The minimum Gasteiger partial charge on any atom is -0.394 e. The second-order valence-corrected chi connectivity index (χ2v) is 10.5. The van der Waals surface area contributed by atoms with Crippen LogP contribution in [0.5, 0.6) is 0 Å². The maximum Gasteiger partial charge on any atom is 0.148 e. The van der Waals surface area contributed by atoms with Crippen LogP contribution in [0.25, 0.3) is 21.8 Å². The van der Waals surface area contributed by atoms with Gasteiger partial charge in [-0.05, 0) is 18.2 Å². The Kier molecular flexibility index (Phi) is 7.42. The number of β-amino-alcohol motifs (C(OH)–C–C–N with tert-alkyl or cyclic N) is 1. The fourth-order valence-electron chi connectivity index (χ4n) is 3.94. The van der Waals surface area contributed by atoms with Crippen LogP contribution in [0.15, 0.2) is 46.9 Å². The Balaban J connectivity index is 1.51. The highest BCUT2D eigenvalue weighted by atomic mass is 35.5. The van der Waals surface area contributed by atoms with Crippen molar-refractivity contribution in [2.45, 2.75) is 23.4 Å². The first-order chi connectivity index (χ1) is 18.0. The molecule has 9 nitrogen and oxygen atoms in total. The van der Waals surface area contributed by atoms with Gasteiger partial charge in [-0.2, -0.15) is 15.6 Å². The number of thiazole rings is 1. The molecule has 12 heteroatoms. The van der Waals surface area contributed by atoms with Crippen molar-refractivity contribution in [3.05, 3.63) is 63.8 Å². The summed E-state index contributed by atoms with van der Waals surface area (Å²) in [4.78, 5) is 11.3. The molecule has 4 aromatic rings. The van der Waals surface area contributed by atoms with E-state index in [-0.39, 0.29) is 17.7 Å². The van der Waals surface area contributed by atoms with Crippen molar-refractivity contribution in [3.63, 3.8) is 0 Å². The summed E-state index contributed by atoms with van der Waals surface area (Å²) >= 11 is 8.88. The molecule has 0 bridgehead atoms. The van der Waals surface area contributed by atoms with E-state index in [4.69, 9.17) is 21.6 Å². The normalized spacial score (nSPS) is 13.3. The average molecular weight is 550 g/mol. The minimum absolute atomic E-state index is 0.0860. The van der Waals surface area contributed by atoms with Gasteiger partial charge in [0.2, 0.25) is 0 Å². The van der Waals surface area contributed by atoms with Crippen LogP contribution < -0.4 is 4.90 Å². The Hall–Kier alpha value is -3.45. The van der Waals surface area contributed by atoms with E-state index in [9.17, 15) is 20.7 Å². The number of benzene rings is 1. The fraction of sp³-hybridized carbons (Fsp3) is 0.240. The van der Waals surface area contributed by atoms with E-state index in [1.807, 2.05) is 34.5 Å². The number of hydrogen-bond donors (Lipinski definition) is 2. The van der Waals surface area contributed by atoms with Gasteiger partial charge in [0, 0.05) is 46.6 Å². The summed E-state index contributed by atoms with van der Waals surface area (Å²) in [6.07, 6.45) is 1.20. The Labute approximate surface area is 226 Å². The number of nitriles is 2. The van der Waals surface area contributed by atoms with Crippen LogP contribution in [-0.4, -0.2) is 55.8 Å². The van der Waals surface area contributed by atoms with Crippen LogP contribution >= 0.6 is 34.7 Å². The van der Waals surface area contributed by atoms with Crippen molar-refractivity contribution < 1.29 is 10.2 Å². The van der Waals surface area contributed by atoms with Crippen molar-refractivity contribution >= 4 is 40.5 Å². The summed E-state index contributed by atoms with van der Waals surface area (Å²) in [5.74, 6) is 0.888. The van der Waals surface area contributed by atoms with Gasteiger partial charge in [-0.25, -0.2) is 9.97 Å². The van der Waals surface area contributed by atoms with E-state index in [0.29, 0.717) is 52.5 Å². The molecule has 0 unspecified atom stereocenters. The number of thioether (sulfide) groups is 1. The van der Waals surface area contributed by atoms with Gasteiger partial charge in [0.25, 0.3) is 0 Å². The van der Waals surface area contributed by atoms with Gasteiger partial charge in [-0.3, -0.25) is 4.68 Å². The molecule has 4 heterocycles. The predicted molar refractivity (Wildman–Crippen MR) is 142 cm³/mol. The number of aliphatic hydroxyl groups excluding tert-OH is 2. The quantitative estimate of drug-likeness (QED) is 0.313. The van der Waals surface area contributed by atoms with E-state index in [0.717, 1.165) is 16.3 Å². The van der Waals surface area contributed by atoms with Crippen LogP contribution in [0.4, 0.5) is 5.82 Å². The van der Waals surface area contributed by atoms with Gasteiger partial charge in [0.1, 0.15) is 33.6 Å². The molecule has 5 rings (SSSR count). The molecule has 0 spiro atoms. The van der Waals surface area contributed by atoms with Crippen molar-refractivity contribution in [1.82, 2.24) is 19.7 Å². The summed E-state index contributed by atoms with van der Waals surface area (Å²) in [6.45, 7) is 0.915. The first-order valence-electron chi connectivity index (χ1n) is 11.3. The zero-order valence-corrected chi connectivity index (χ0v) is 21.8. The van der Waals surface area contributed by atoms with Gasteiger partial charge >= 0.3 is 0 Å². The first kappa shape index (κ1) is 25.2. The summed E-state index contributed by atoms with van der Waals surface area (Å²) in [7, 11) is 0. The van der Waals surface area contributed by atoms with Crippen molar-refractivity contribution in [2.24, 2.45) is 0 Å². The highest BCUT2D eigenvalue weighted by molar-refractivity contribution is 7.98. The van der Waals surface area contributed by atoms with Crippen LogP contribution in [0, 0.1) is 22.7 Å². The summed E-state index contributed by atoms with van der Waals surface area (Å²) in [5, 5.41) is 47.8. The third-order valence-electron chi connectivity index (χ3n) is 5.76. The molecule has 0 saturated carbocycles. The van der Waals surface area contributed by atoms with Crippen molar-refractivity contribution in [2.75, 3.05) is 24.6 Å². The minimum atomic E-state index is -0.492. The zero-order chi connectivity index (χ0) is 25.9. The van der Waals surface area contributed by atoms with E-state index in [1.165, 1.54) is 23.1 Å². The first-order valence-corrected chi connectivity index (χ1v) is 13.5. The number of halogens is 1. The number of aromatic nitrogens is 4. The number of aliphatic hydroxyl groups is 2. The zero-order valence-electron chi connectivity index (χ0n) is 19.4. The second-order valence-electron chi connectivity index (χ2n) is 8.28. The highest BCUT2D eigenvalue weighted by Gasteiger charge is 2.32. The Morgan fingerprint density at radius 1 is 1.11 bits per heavy atom. The van der Waals surface area contributed by atoms with Crippen LogP contribution in [0.1, 0.15) is 16.8 Å². The van der Waals surface area contributed by atoms with Gasteiger partial charge in [-0.1, -0.05) is 35.5 Å². The molecule has 0 aliphatic carbocycles. The summed E-state index contributed by atoms with van der Waals surface area (Å²) in [6, 6.07) is 13.6. The third-order valence-corrected chi connectivity index (χ3v) is 7.96. The number of anilines is 1. The third kappa shape index (κ3) is 5.18. The molecular weight excluding hydrogens is 530 g/mol. The molecule has 37 heavy (non-hydrogen) atoms. The largest absolute Gasteiger partial charge is 0.394 e. The number of pyridine rings is 1. The highest BCUT2D eigenvalue weighted by Crippen LogP contribution is 2.39. The van der Waals surface area contributed by atoms with Crippen molar-refractivity contribution in [3.8, 4) is 34.0 Å². The molecule has 1 aromatic carbocycles. The Morgan fingerprint density at radius 2 is 1.86 bits per heavy atom. The maximum atomic E-state index is 10.1. The second kappa shape index (κ2) is 10.9. The number of nitrogens with zero attached hydrogens (tertiary/aromatic N) is 7. The molecular formula is C25H20ClN7O2S2. The number of hydrogen-bond acceptors (Lipinski definition) is 10. The maximum absolute atomic E-state index is 10.1. The van der Waals surface area contributed by atoms with Crippen LogP contribution in [0.2, 0.25) is 5.02 Å². The molecule has 3 aromatic heterocycles. The molecule has 0 radical (unpaired) electrons. The van der Waals surface area contributed by atoms with Gasteiger partial charge in [0.05, 0.1) is 36.2 Å². The molecule has 0 atom stereocenters. The molecule has 0 amide bonds. The molecule has 1 saturated heterocycles. The molecule has 186 valence electrons. The topological polar surface area (TPSA) is 135 Å². The molecule has 2 N–H and O–H groups in total. The van der Waals surface area contributed by atoms with Gasteiger partial charge < -0.3 is 15.1 Å². The van der Waals surface area contributed by atoms with E-state index >= 15 is 0 Å². The van der Waals surface area contributed by atoms with E-state index in [2.05, 4.69) is 17.2 Å². The molecule has 1 aliphatic rings. The summed E-state index contributed by atoms with van der Waals surface area (Å²) in [5.41, 5.74) is 3.15. The van der Waals surface area contributed by atoms with E-state index < -0.39 is 6.10 Å². The lowest BCUT2D eigenvalue weighted by Gasteiger charge is -2.37. The van der Waals surface area contributed by atoms with Crippen molar-refractivity contribution in [1.29, 1.82) is 10.5 Å². The number of rotatable bonds is 8. The lowest BCUT2D eigenvalue weighted by molar-refractivity contribution is 0.141. The predicted octanol–water partition coefficient (Wildman–Crippen LogP) is 3.93. The van der Waals surface area contributed by atoms with Crippen LogP contribution in [0.3, 0.4) is 0 Å². The SMILES string of the molecule is N#Cc1c(SCc2csc(-c3ccc(Cl)cc3)n2)nc(N2CC(O)C2)c(C#N)c1-c1ccn(CCO)n1. The Morgan fingerprint density at radius 3 is 2.54 bits per heavy atom. The summed E-state index contributed by atoms with van der Waals surface area (Å²) < 4.78 is 1.56. The monoisotopic (exact) mass is 549 g/mol. The molecule has 1 fully saturated rings.